The summed E-state index contributed by atoms with van der Waals surface area (Å²) in [6.07, 6.45) is -0.228. The van der Waals surface area contributed by atoms with Crippen LogP contribution < -0.4 is 10.1 Å². The van der Waals surface area contributed by atoms with E-state index in [4.69, 9.17) is 21.1 Å². The molecule has 9 heteroatoms. The summed E-state index contributed by atoms with van der Waals surface area (Å²) in [5.74, 6) is -0.215. The van der Waals surface area contributed by atoms with Crippen molar-refractivity contribution in [3.05, 3.63) is 28.1 Å². The first-order valence-electron chi connectivity index (χ1n) is 6.41. The Balaban J connectivity index is 2.12. The predicted molar refractivity (Wildman–Crippen MR) is 83.8 cm³/mol. The molecule has 1 unspecified atom stereocenters. The molecule has 2 aromatic heterocycles. The van der Waals surface area contributed by atoms with Gasteiger partial charge in [0.25, 0.3) is 5.91 Å². The first kappa shape index (κ1) is 16.6. The molecule has 2 aromatic rings. The summed E-state index contributed by atoms with van der Waals surface area (Å²) in [5.41, 5.74) is 0.936. The van der Waals surface area contributed by atoms with Crippen LogP contribution in [0.1, 0.15) is 23.1 Å². The lowest BCUT2D eigenvalue weighted by atomic mass is 10.3. The molecule has 1 amide bonds. The average molecular weight is 343 g/mol. The molecule has 0 saturated heterocycles. The molecule has 2 rings (SSSR count). The summed E-state index contributed by atoms with van der Waals surface area (Å²) in [6, 6.07) is 1.42. The SMILES string of the molecule is COCC(C)Oc1cc(C(=O)Nc2nc(C)cs2)nc(Cl)n1. The highest BCUT2D eigenvalue weighted by Crippen LogP contribution is 2.18. The fourth-order valence-corrected chi connectivity index (χ4v) is 2.48. The number of amides is 1. The van der Waals surface area contributed by atoms with Gasteiger partial charge < -0.3 is 9.47 Å². The summed E-state index contributed by atoms with van der Waals surface area (Å²) >= 11 is 7.17. The van der Waals surface area contributed by atoms with Gasteiger partial charge in [-0.15, -0.1) is 11.3 Å². The predicted octanol–water partition coefficient (Wildman–Crippen LogP) is 2.56. The zero-order chi connectivity index (χ0) is 16.1. The Bertz CT molecular complexity index is 664. The van der Waals surface area contributed by atoms with Crippen molar-refractivity contribution in [1.82, 2.24) is 15.0 Å². The molecule has 0 bridgehead atoms. The molecule has 1 N–H and O–H groups in total. The lowest BCUT2D eigenvalue weighted by Crippen LogP contribution is -2.20. The third-order valence-corrected chi connectivity index (χ3v) is 3.52. The van der Waals surface area contributed by atoms with E-state index in [-0.39, 0.29) is 23.0 Å². The number of halogens is 1. The molecular formula is C13H15ClN4O3S. The number of carbonyl (C=O) groups is 1. The molecular weight excluding hydrogens is 328 g/mol. The molecule has 0 fully saturated rings. The van der Waals surface area contributed by atoms with Gasteiger partial charge in [-0.2, -0.15) is 4.98 Å². The molecule has 118 valence electrons. The normalized spacial score (nSPS) is 12.0. The Labute approximate surface area is 136 Å². The minimum Gasteiger partial charge on any atom is -0.472 e. The first-order valence-corrected chi connectivity index (χ1v) is 7.67. The van der Waals surface area contributed by atoms with Gasteiger partial charge in [0.2, 0.25) is 11.2 Å². The number of ether oxygens (including phenoxy) is 2. The fourth-order valence-electron chi connectivity index (χ4n) is 1.62. The number of anilines is 1. The third-order valence-electron chi connectivity index (χ3n) is 2.47. The molecule has 0 aliphatic heterocycles. The number of rotatable bonds is 6. The lowest BCUT2D eigenvalue weighted by molar-refractivity contribution is 0.0884. The van der Waals surface area contributed by atoms with Gasteiger partial charge in [-0.3, -0.25) is 10.1 Å². The van der Waals surface area contributed by atoms with E-state index in [2.05, 4.69) is 20.3 Å². The number of aryl methyl sites for hydroxylation is 1. The minimum atomic E-state index is -0.428. The second-order valence-electron chi connectivity index (χ2n) is 4.49. The summed E-state index contributed by atoms with van der Waals surface area (Å²) in [6.45, 7) is 4.05. The highest BCUT2D eigenvalue weighted by atomic mass is 35.5. The van der Waals surface area contributed by atoms with E-state index in [9.17, 15) is 4.79 Å². The summed E-state index contributed by atoms with van der Waals surface area (Å²) in [7, 11) is 1.57. The van der Waals surface area contributed by atoms with Crippen LogP contribution in [0.3, 0.4) is 0 Å². The van der Waals surface area contributed by atoms with E-state index in [0.29, 0.717) is 11.7 Å². The van der Waals surface area contributed by atoms with Gasteiger partial charge in [0.05, 0.1) is 12.3 Å². The molecule has 0 spiro atoms. The number of nitrogens with one attached hydrogen (secondary N) is 1. The third kappa shape index (κ3) is 4.62. The van der Waals surface area contributed by atoms with Crippen LogP contribution in [0.5, 0.6) is 5.88 Å². The van der Waals surface area contributed by atoms with E-state index in [1.165, 1.54) is 17.4 Å². The zero-order valence-electron chi connectivity index (χ0n) is 12.3. The van der Waals surface area contributed by atoms with E-state index >= 15 is 0 Å². The molecule has 0 saturated carbocycles. The van der Waals surface area contributed by atoms with E-state index < -0.39 is 5.91 Å². The Kier molecular flexibility index (Phi) is 5.64. The van der Waals surface area contributed by atoms with Crippen LogP contribution in [0, 0.1) is 6.92 Å². The van der Waals surface area contributed by atoms with Crippen LogP contribution in [0.2, 0.25) is 5.28 Å². The second-order valence-corrected chi connectivity index (χ2v) is 5.69. The van der Waals surface area contributed by atoms with Gasteiger partial charge >= 0.3 is 0 Å². The van der Waals surface area contributed by atoms with Gasteiger partial charge in [-0.1, -0.05) is 0 Å². The summed E-state index contributed by atoms with van der Waals surface area (Å²) in [5, 5.41) is 4.91. The topological polar surface area (TPSA) is 86.2 Å². The smallest absolute Gasteiger partial charge is 0.276 e. The molecule has 0 aliphatic rings. The van der Waals surface area contributed by atoms with E-state index in [1.807, 2.05) is 19.2 Å². The number of hydrogen-bond donors (Lipinski definition) is 1. The number of carbonyl (C=O) groups excluding carboxylic acids is 1. The van der Waals surface area contributed by atoms with Crippen LogP contribution in [0.4, 0.5) is 5.13 Å². The highest BCUT2D eigenvalue weighted by Gasteiger charge is 2.15. The van der Waals surface area contributed by atoms with Crippen LogP contribution in [0.15, 0.2) is 11.4 Å². The summed E-state index contributed by atoms with van der Waals surface area (Å²) < 4.78 is 10.5. The van der Waals surface area contributed by atoms with Crippen molar-refractivity contribution in [3.63, 3.8) is 0 Å². The second kappa shape index (κ2) is 7.48. The van der Waals surface area contributed by atoms with Crippen molar-refractivity contribution in [2.45, 2.75) is 20.0 Å². The van der Waals surface area contributed by atoms with Gasteiger partial charge in [-0.05, 0) is 25.4 Å². The maximum atomic E-state index is 12.2. The van der Waals surface area contributed by atoms with Crippen molar-refractivity contribution in [2.24, 2.45) is 0 Å². The van der Waals surface area contributed by atoms with E-state index in [1.54, 1.807) is 7.11 Å². The monoisotopic (exact) mass is 342 g/mol. The molecule has 0 radical (unpaired) electrons. The van der Waals surface area contributed by atoms with Crippen molar-refractivity contribution >= 4 is 34.0 Å². The van der Waals surface area contributed by atoms with Gasteiger partial charge in [0.1, 0.15) is 11.8 Å². The first-order chi connectivity index (χ1) is 10.5. The van der Waals surface area contributed by atoms with Crippen molar-refractivity contribution in [3.8, 4) is 5.88 Å². The lowest BCUT2D eigenvalue weighted by Gasteiger charge is -2.13. The van der Waals surface area contributed by atoms with Gasteiger partial charge in [-0.25, -0.2) is 9.97 Å². The molecule has 7 nitrogen and oxygen atoms in total. The number of thiazole rings is 1. The van der Waals surface area contributed by atoms with Crippen LogP contribution in [-0.4, -0.2) is 40.7 Å². The van der Waals surface area contributed by atoms with Gasteiger partial charge in [0, 0.05) is 18.6 Å². The van der Waals surface area contributed by atoms with E-state index in [0.717, 1.165) is 5.69 Å². The van der Waals surface area contributed by atoms with Crippen LogP contribution >= 0.6 is 22.9 Å². The van der Waals surface area contributed by atoms with Crippen LogP contribution in [0.25, 0.3) is 0 Å². The van der Waals surface area contributed by atoms with Crippen molar-refractivity contribution in [2.75, 3.05) is 19.0 Å². The largest absolute Gasteiger partial charge is 0.472 e. The minimum absolute atomic E-state index is 0.0670. The number of aromatic nitrogens is 3. The highest BCUT2D eigenvalue weighted by molar-refractivity contribution is 7.13. The van der Waals surface area contributed by atoms with Crippen LogP contribution in [-0.2, 0) is 4.74 Å². The van der Waals surface area contributed by atoms with Gasteiger partial charge in [0.15, 0.2) is 5.13 Å². The Morgan fingerprint density at radius 1 is 1.45 bits per heavy atom. The quantitative estimate of drug-likeness (QED) is 0.812. The maximum Gasteiger partial charge on any atom is 0.276 e. The number of hydrogen-bond acceptors (Lipinski definition) is 7. The molecule has 1 atom stereocenters. The maximum absolute atomic E-state index is 12.2. The molecule has 2 heterocycles. The van der Waals surface area contributed by atoms with Crippen molar-refractivity contribution < 1.29 is 14.3 Å². The fraction of sp³-hybridized carbons (Fsp3) is 0.385. The zero-order valence-corrected chi connectivity index (χ0v) is 13.9. The summed E-state index contributed by atoms with van der Waals surface area (Å²) in [4.78, 5) is 24.2. The van der Waals surface area contributed by atoms with Crippen molar-refractivity contribution in [1.29, 1.82) is 0 Å². The Morgan fingerprint density at radius 2 is 2.23 bits per heavy atom. The molecule has 22 heavy (non-hydrogen) atoms. The Morgan fingerprint density at radius 3 is 2.86 bits per heavy atom. The Hall–Kier alpha value is -1.77. The number of methoxy groups -OCH3 is 1. The molecule has 0 aliphatic carbocycles. The molecule has 0 aromatic carbocycles. The average Bonchev–Trinajstić information content (AvgIpc) is 2.83. The standard InChI is InChI=1S/C13H15ClN4O3S/c1-7-6-22-13(15-7)18-11(19)9-4-10(17-12(14)16-9)21-8(2)5-20-3/h4,6,8H,5H2,1-3H3,(H,15,18,19). The number of nitrogens with zero attached hydrogens (tertiary/aromatic N) is 3.